The summed E-state index contributed by atoms with van der Waals surface area (Å²) in [6.45, 7) is 9.64. The second-order valence-corrected chi connectivity index (χ2v) is 5.79. The van der Waals surface area contributed by atoms with E-state index >= 15 is 0 Å². The standard InChI is InChI=1S/C13H25NO5/c1-9(2)6-7-18-8-10(11(15)16)14-12(17)19-13(3,4)5/h9-10H,6-8H2,1-5H3,(H,14,17)(H,15,16)/t10-/m0/s1. The van der Waals surface area contributed by atoms with Crippen molar-refractivity contribution in [2.45, 2.75) is 52.7 Å². The SMILES string of the molecule is CC(C)CCOC[C@H](NC(=O)OC(C)(C)C)C(=O)O. The third kappa shape index (κ3) is 10.3. The van der Waals surface area contributed by atoms with Gasteiger partial charge in [-0.05, 0) is 33.1 Å². The maximum atomic E-state index is 11.5. The van der Waals surface area contributed by atoms with Crippen LogP contribution in [0.5, 0.6) is 0 Å². The van der Waals surface area contributed by atoms with Crippen LogP contribution in [0.2, 0.25) is 0 Å². The lowest BCUT2D eigenvalue weighted by Crippen LogP contribution is -2.46. The number of aliphatic carboxylic acids is 1. The summed E-state index contributed by atoms with van der Waals surface area (Å²) in [6, 6.07) is -1.10. The highest BCUT2D eigenvalue weighted by Gasteiger charge is 2.24. The molecule has 6 nitrogen and oxygen atoms in total. The number of ether oxygens (including phenoxy) is 2. The molecule has 1 atom stereocenters. The Balaban J connectivity index is 4.12. The lowest BCUT2D eigenvalue weighted by atomic mass is 10.1. The number of carboxylic acids is 1. The Bertz CT molecular complexity index is 296. The first-order valence-corrected chi connectivity index (χ1v) is 6.42. The van der Waals surface area contributed by atoms with Crippen molar-refractivity contribution in [2.75, 3.05) is 13.2 Å². The maximum absolute atomic E-state index is 11.5. The van der Waals surface area contributed by atoms with Crippen LogP contribution in [0.4, 0.5) is 4.79 Å². The van der Waals surface area contributed by atoms with E-state index in [-0.39, 0.29) is 6.61 Å². The third-order valence-corrected chi connectivity index (χ3v) is 2.11. The zero-order valence-corrected chi connectivity index (χ0v) is 12.4. The predicted octanol–water partition coefficient (Wildman–Crippen LogP) is 2.03. The second kappa shape index (κ2) is 7.99. The minimum atomic E-state index is -1.14. The molecular formula is C13H25NO5. The van der Waals surface area contributed by atoms with Crippen molar-refractivity contribution in [3.8, 4) is 0 Å². The molecule has 0 unspecified atom stereocenters. The van der Waals surface area contributed by atoms with E-state index in [1.54, 1.807) is 20.8 Å². The van der Waals surface area contributed by atoms with Crippen LogP contribution in [0, 0.1) is 5.92 Å². The molecule has 112 valence electrons. The maximum Gasteiger partial charge on any atom is 0.408 e. The molecule has 1 amide bonds. The van der Waals surface area contributed by atoms with Gasteiger partial charge in [0, 0.05) is 6.61 Å². The number of carboxylic acid groups (broad SMARTS) is 1. The molecule has 0 aromatic heterocycles. The van der Waals surface area contributed by atoms with Crippen molar-refractivity contribution < 1.29 is 24.2 Å². The highest BCUT2D eigenvalue weighted by atomic mass is 16.6. The molecule has 0 saturated heterocycles. The van der Waals surface area contributed by atoms with Gasteiger partial charge in [-0.15, -0.1) is 0 Å². The number of hydrogen-bond acceptors (Lipinski definition) is 4. The Morgan fingerprint density at radius 1 is 1.26 bits per heavy atom. The molecule has 0 rings (SSSR count). The van der Waals surface area contributed by atoms with Crippen LogP contribution in [-0.4, -0.2) is 42.0 Å². The number of alkyl carbamates (subject to hydrolysis) is 1. The van der Waals surface area contributed by atoms with Crippen LogP contribution in [-0.2, 0) is 14.3 Å². The van der Waals surface area contributed by atoms with Gasteiger partial charge in [-0.1, -0.05) is 13.8 Å². The van der Waals surface area contributed by atoms with Crippen LogP contribution in [0.1, 0.15) is 41.0 Å². The Morgan fingerprint density at radius 2 is 1.84 bits per heavy atom. The average molecular weight is 275 g/mol. The highest BCUT2D eigenvalue weighted by molar-refractivity contribution is 5.80. The Kier molecular flexibility index (Phi) is 7.44. The topological polar surface area (TPSA) is 84.9 Å². The van der Waals surface area contributed by atoms with Gasteiger partial charge in [0.15, 0.2) is 6.04 Å². The average Bonchev–Trinajstić information content (AvgIpc) is 2.19. The summed E-state index contributed by atoms with van der Waals surface area (Å²) in [7, 11) is 0. The van der Waals surface area contributed by atoms with Crippen LogP contribution in [0.15, 0.2) is 0 Å². The molecule has 0 spiro atoms. The fourth-order valence-electron chi connectivity index (χ4n) is 1.14. The minimum absolute atomic E-state index is 0.0682. The number of carbonyl (C=O) groups is 2. The second-order valence-electron chi connectivity index (χ2n) is 5.79. The molecule has 0 aliphatic rings. The van der Waals surface area contributed by atoms with Gasteiger partial charge in [0.2, 0.25) is 0 Å². The van der Waals surface area contributed by atoms with Gasteiger partial charge in [-0.3, -0.25) is 0 Å². The molecule has 0 radical (unpaired) electrons. The zero-order chi connectivity index (χ0) is 15.1. The third-order valence-electron chi connectivity index (χ3n) is 2.11. The summed E-state index contributed by atoms with van der Waals surface area (Å²) in [5, 5.41) is 11.3. The summed E-state index contributed by atoms with van der Waals surface area (Å²) in [5.41, 5.74) is -0.661. The quantitative estimate of drug-likeness (QED) is 0.694. The van der Waals surface area contributed by atoms with E-state index in [2.05, 4.69) is 19.2 Å². The lowest BCUT2D eigenvalue weighted by molar-refractivity contribution is -0.141. The van der Waals surface area contributed by atoms with Gasteiger partial charge in [0.1, 0.15) is 5.60 Å². The predicted molar refractivity (Wildman–Crippen MR) is 71.1 cm³/mol. The molecule has 2 N–H and O–H groups in total. The van der Waals surface area contributed by atoms with E-state index in [1.807, 2.05) is 0 Å². The summed E-state index contributed by atoms with van der Waals surface area (Å²) in [5.74, 6) is -0.655. The van der Waals surface area contributed by atoms with E-state index in [4.69, 9.17) is 14.6 Å². The van der Waals surface area contributed by atoms with Gasteiger partial charge in [-0.2, -0.15) is 0 Å². The summed E-state index contributed by atoms with van der Waals surface area (Å²) >= 11 is 0. The number of carbonyl (C=O) groups excluding carboxylic acids is 1. The number of rotatable bonds is 7. The molecule has 0 aliphatic heterocycles. The first-order valence-electron chi connectivity index (χ1n) is 6.42. The largest absolute Gasteiger partial charge is 0.480 e. The summed E-state index contributed by atoms with van der Waals surface area (Å²) in [6.07, 6.45) is 0.0889. The highest BCUT2D eigenvalue weighted by Crippen LogP contribution is 2.07. The van der Waals surface area contributed by atoms with Crippen LogP contribution >= 0.6 is 0 Å². The van der Waals surface area contributed by atoms with Crippen LogP contribution in [0.25, 0.3) is 0 Å². The summed E-state index contributed by atoms with van der Waals surface area (Å²) < 4.78 is 10.2. The fraction of sp³-hybridized carbons (Fsp3) is 0.846. The van der Waals surface area contributed by atoms with E-state index in [0.717, 1.165) is 6.42 Å². The normalized spacial score (nSPS) is 13.2. The van der Waals surface area contributed by atoms with E-state index in [9.17, 15) is 9.59 Å². The van der Waals surface area contributed by atoms with Crippen molar-refractivity contribution in [2.24, 2.45) is 5.92 Å². The minimum Gasteiger partial charge on any atom is -0.480 e. The van der Waals surface area contributed by atoms with Crippen molar-refractivity contribution in [3.63, 3.8) is 0 Å². The lowest BCUT2D eigenvalue weighted by Gasteiger charge is -2.22. The van der Waals surface area contributed by atoms with Crippen molar-refractivity contribution in [3.05, 3.63) is 0 Å². The Hall–Kier alpha value is -1.30. The molecule has 0 aliphatic carbocycles. The molecule has 0 bridgehead atoms. The van der Waals surface area contributed by atoms with E-state index < -0.39 is 23.7 Å². The van der Waals surface area contributed by atoms with E-state index in [0.29, 0.717) is 12.5 Å². The molecule has 0 heterocycles. The zero-order valence-electron chi connectivity index (χ0n) is 12.4. The smallest absolute Gasteiger partial charge is 0.408 e. The van der Waals surface area contributed by atoms with E-state index in [1.165, 1.54) is 0 Å². The first kappa shape index (κ1) is 17.7. The monoisotopic (exact) mass is 275 g/mol. The van der Waals surface area contributed by atoms with Gasteiger partial charge in [0.25, 0.3) is 0 Å². The molecule has 0 aromatic rings. The molecular weight excluding hydrogens is 250 g/mol. The van der Waals surface area contributed by atoms with Gasteiger partial charge in [0.05, 0.1) is 6.61 Å². The van der Waals surface area contributed by atoms with Crippen LogP contribution in [0.3, 0.4) is 0 Å². The molecule has 6 heteroatoms. The van der Waals surface area contributed by atoms with Crippen molar-refractivity contribution in [1.29, 1.82) is 0 Å². The van der Waals surface area contributed by atoms with Crippen molar-refractivity contribution in [1.82, 2.24) is 5.32 Å². The summed E-state index contributed by atoms with van der Waals surface area (Å²) in [4.78, 5) is 22.4. The Morgan fingerprint density at radius 3 is 2.26 bits per heavy atom. The molecule has 19 heavy (non-hydrogen) atoms. The number of hydrogen-bond donors (Lipinski definition) is 2. The molecule has 0 saturated carbocycles. The molecule has 0 aromatic carbocycles. The van der Waals surface area contributed by atoms with Gasteiger partial charge in [-0.25, -0.2) is 9.59 Å². The molecule has 0 fully saturated rings. The van der Waals surface area contributed by atoms with Crippen molar-refractivity contribution >= 4 is 12.1 Å². The number of amides is 1. The fourth-order valence-corrected chi connectivity index (χ4v) is 1.14. The number of nitrogens with one attached hydrogen (secondary N) is 1. The first-order chi connectivity index (χ1) is 8.61. The van der Waals surface area contributed by atoms with Gasteiger partial charge < -0.3 is 19.9 Å². The van der Waals surface area contributed by atoms with Gasteiger partial charge >= 0.3 is 12.1 Å². The Labute approximate surface area is 114 Å². The van der Waals surface area contributed by atoms with Crippen LogP contribution < -0.4 is 5.32 Å².